The third-order valence-electron chi connectivity index (χ3n) is 3.32. The molecule has 0 aromatic heterocycles. The third-order valence-corrected chi connectivity index (χ3v) is 6.13. The summed E-state index contributed by atoms with van der Waals surface area (Å²) in [6, 6.07) is 2.68. The van der Waals surface area contributed by atoms with E-state index in [1.807, 2.05) is 0 Å². The standard InChI is InChI=1S/C12H14BrF2NO2S/c13-8-9-3-5-16(6-4-9)19(17,18)10-1-2-11(14)12(15)7-10/h1-2,7,9H,3-6,8H2. The van der Waals surface area contributed by atoms with Crippen LogP contribution in [0.5, 0.6) is 0 Å². The number of rotatable bonds is 3. The highest BCUT2D eigenvalue weighted by Crippen LogP contribution is 2.25. The molecule has 19 heavy (non-hydrogen) atoms. The van der Waals surface area contributed by atoms with Crippen molar-refractivity contribution in [2.45, 2.75) is 17.7 Å². The molecular formula is C12H14BrF2NO2S. The van der Waals surface area contributed by atoms with Crippen LogP contribution in [0, 0.1) is 17.6 Å². The van der Waals surface area contributed by atoms with Crippen LogP contribution >= 0.6 is 15.9 Å². The van der Waals surface area contributed by atoms with Crippen molar-refractivity contribution in [3.05, 3.63) is 29.8 Å². The molecule has 0 saturated carbocycles. The van der Waals surface area contributed by atoms with E-state index in [1.54, 1.807) is 0 Å². The van der Waals surface area contributed by atoms with Gasteiger partial charge in [0.05, 0.1) is 4.90 Å². The number of benzene rings is 1. The number of halogens is 3. The zero-order valence-electron chi connectivity index (χ0n) is 10.2. The van der Waals surface area contributed by atoms with Crippen molar-refractivity contribution in [3.63, 3.8) is 0 Å². The third kappa shape index (κ3) is 3.14. The van der Waals surface area contributed by atoms with Crippen LogP contribution in [0.4, 0.5) is 8.78 Å². The van der Waals surface area contributed by atoms with Crippen LogP contribution in [0.1, 0.15) is 12.8 Å². The molecule has 3 nitrogen and oxygen atoms in total. The van der Waals surface area contributed by atoms with Crippen molar-refractivity contribution in [1.82, 2.24) is 4.31 Å². The minimum absolute atomic E-state index is 0.191. The Morgan fingerprint density at radius 2 is 1.84 bits per heavy atom. The van der Waals surface area contributed by atoms with Crippen molar-refractivity contribution in [2.75, 3.05) is 18.4 Å². The monoisotopic (exact) mass is 353 g/mol. The van der Waals surface area contributed by atoms with E-state index >= 15 is 0 Å². The van der Waals surface area contributed by atoms with Gasteiger partial charge in [-0.2, -0.15) is 4.31 Å². The van der Waals surface area contributed by atoms with Gasteiger partial charge in [0.25, 0.3) is 0 Å². The number of alkyl halides is 1. The van der Waals surface area contributed by atoms with Crippen molar-refractivity contribution in [3.8, 4) is 0 Å². The molecule has 1 aromatic rings. The van der Waals surface area contributed by atoms with E-state index in [0.717, 1.165) is 36.4 Å². The molecule has 1 aliphatic rings. The molecule has 1 fully saturated rings. The first-order chi connectivity index (χ1) is 8.95. The Bertz CT molecular complexity index is 557. The largest absolute Gasteiger partial charge is 0.243 e. The average Bonchev–Trinajstić information content (AvgIpc) is 2.41. The van der Waals surface area contributed by atoms with Crippen LogP contribution < -0.4 is 0 Å². The maximum atomic E-state index is 13.1. The molecule has 0 radical (unpaired) electrons. The van der Waals surface area contributed by atoms with Gasteiger partial charge in [-0.05, 0) is 37.0 Å². The summed E-state index contributed by atoms with van der Waals surface area (Å²) in [5.41, 5.74) is 0. The Morgan fingerprint density at radius 3 is 2.37 bits per heavy atom. The summed E-state index contributed by atoms with van der Waals surface area (Å²) in [6.45, 7) is 0.829. The second kappa shape index (κ2) is 5.85. The number of hydrogen-bond acceptors (Lipinski definition) is 2. The van der Waals surface area contributed by atoms with Crippen LogP contribution in [0.25, 0.3) is 0 Å². The van der Waals surface area contributed by atoms with Gasteiger partial charge in [0, 0.05) is 18.4 Å². The molecule has 0 amide bonds. The van der Waals surface area contributed by atoms with Crippen LogP contribution in [0.3, 0.4) is 0 Å². The van der Waals surface area contributed by atoms with Gasteiger partial charge in [0.15, 0.2) is 11.6 Å². The second-order valence-corrected chi connectivity index (χ2v) is 7.16. The summed E-state index contributed by atoms with van der Waals surface area (Å²) in [7, 11) is -3.72. The summed E-state index contributed by atoms with van der Waals surface area (Å²) in [4.78, 5) is -0.191. The van der Waals surface area contributed by atoms with Crippen LogP contribution in [-0.4, -0.2) is 31.1 Å². The molecule has 2 rings (SSSR count). The molecule has 0 spiro atoms. The summed E-state index contributed by atoms with van der Waals surface area (Å²) in [5.74, 6) is -1.72. The van der Waals surface area contributed by atoms with Crippen molar-refractivity contribution >= 4 is 26.0 Å². The smallest absolute Gasteiger partial charge is 0.207 e. The van der Waals surface area contributed by atoms with Gasteiger partial charge >= 0.3 is 0 Å². The Hall–Kier alpha value is -0.530. The second-order valence-electron chi connectivity index (χ2n) is 4.58. The fourth-order valence-electron chi connectivity index (χ4n) is 2.09. The Morgan fingerprint density at radius 1 is 1.21 bits per heavy atom. The Kier molecular flexibility index (Phi) is 4.58. The first-order valence-corrected chi connectivity index (χ1v) is 8.52. The van der Waals surface area contributed by atoms with Crippen LogP contribution in [-0.2, 0) is 10.0 Å². The molecule has 0 aliphatic carbocycles. The van der Waals surface area contributed by atoms with Gasteiger partial charge in [0.1, 0.15) is 0 Å². The van der Waals surface area contributed by atoms with Gasteiger partial charge in [-0.15, -0.1) is 0 Å². The minimum Gasteiger partial charge on any atom is -0.207 e. The normalized spacial score (nSPS) is 18.7. The zero-order chi connectivity index (χ0) is 14.0. The van der Waals surface area contributed by atoms with Crippen molar-refractivity contribution in [2.24, 2.45) is 5.92 Å². The highest BCUT2D eigenvalue weighted by molar-refractivity contribution is 9.09. The lowest BCUT2D eigenvalue weighted by Crippen LogP contribution is -2.38. The predicted molar refractivity (Wildman–Crippen MR) is 71.6 cm³/mol. The maximum Gasteiger partial charge on any atom is 0.243 e. The number of sulfonamides is 1. The summed E-state index contributed by atoms with van der Waals surface area (Å²) < 4.78 is 51.8. The zero-order valence-corrected chi connectivity index (χ0v) is 12.6. The number of nitrogens with zero attached hydrogens (tertiary/aromatic N) is 1. The molecule has 0 unspecified atom stereocenters. The predicted octanol–water partition coefficient (Wildman–Crippen LogP) is 2.76. The van der Waals surface area contributed by atoms with Crippen LogP contribution in [0.2, 0.25) is 0 Å². The molecule has 1 aromatic carbocycles. The lowest BCUT2D eigenvalue weighted by molar-refractivity contribution is 0.292. The van der Waals surface area contributed by atoms with E-state index in [0.29, 0.717) is 19.0 Å². The molecule has 106 valence electrons. The van der Waals surface area contributed by atoms with Crippen molar-refractivity contribution < 1.29 is 17.2 Å². The van der Waals surface area contributed by atoms with Gasteiger partial charge in [-0.3, -0.25) is 0 Å². The van der Waals surface area contributed by atoms with E-state index in [9.17, 15) is 17.2 Å². The van der Waals surface area contributed by atoms with Gasteiger partial charge < -0.3 is 0 Å². The molecule has 1 heterocycles. The molecule has 0 bridgehead atoms. The summed E-state index contributed by atoms with van der Waals surface area (Å²) >= 11 is 3.38. The van der Waals surface area contributed by atoms with Gasteiger partial charge in [-0.25, -0.2) is 17.2 Å². The van der Waals surface area contributed by atoms with Crippen LogP contribution in [0.15, 0.2) is 23.1 Å². The number of hydrogen-bond donors (Lipinski definition) is 0. The van der Waals surface area contributed by atoms with Gasteiger partial charge in [-0.1, -0.05) is 15.9 Å². The topological polar surface area (TPSA) is 37.4 Å². The fraction of sp³-hybridized carbons (Fsp3) is 0.500. The van der Waals surface area contributed by atoms with E-state index in [1.165, 1.54) is 4.31 Å². The molecular weight excluding hydrogens is 340 g/mol. The average molecular weight is 354 g/mol. The molecule has 7 heteroatoms. The SMILES string of the molecule is O=S(=O)(c1ccc(F)c(F)c1)N1CCC(CBr)CC1. The van der Waals surface area contributed by atoms with E-state index in [2.05, 4.69) is 15.9 Å². The number of piperidine rings is 1. The molecule has 0 atom stereocenters. The molecule has 0 N–H and O–H groups in total. The quantitative estimate of drug-likeness (QED) is 0.783. The maximum absolute atomic E-state index is 13.1. The highest BCUT2D eigenvalue weighted by Gasteiger charge is 2.29. The van der Waals surface area contributed by atoms with E-state index in [4.69, 9.17) is 0 Å². The lowest BCUT2D eigenvalue weighted by atomic mass is 10.0. The van der Waals surface area contributed by atoms with E-state index < -0.39 is 21.7 Å². The summed E-state index contributed by atoms with van der Waals surface area (Å²) in [6.07, 6.45) is 1.54. The fourth-order valence-corrected chi connectivity index (χ4v) is 4.22. The lowest BCUT2D eigenvalue weighted by Gasteiger charge is -2.30. The minimum atomic E-state index is -3.72. The first-order valence-electron chi connectivity index (χ1n) is 5.96. The van der Waals surface area contributed by atoms with Gasteiger partial charge in [0.2, 0.25) is 10.0 Å². The molecule has 1 saturated heterocycles. The van der Waals surface area contributed by atoms with E-state index in [-0.39, 0.29) is 4.90 Å². The Labute approximate surface area is 119 Å². The first kappa shape index (κ1) is 14.9. The van der Waals surface area contributed by atoms with Crippen molar-refractivity contribution in [1.29, 1.82) is 0 Å². The summed E-state index contributed by atoms with van der Waals surface area (Å²) in [5, 5.41) is 0.853. The molecule has 1 aliphatic heterocycles. The Balaban J connectivity index is 2.21. The highest BCUT2D eigenvalue weighted by atomic mass is 79.9.